The lowest BCUT2D eigenvalue weighted by Crippen LogP contribution is -2.34. The van der Waals surface area contributed by atoms with Crippen molar-refractivity contribution in [1.29, 1.82) is 0 Å². The fourth-order valence-corrected chi connectivity index (χ4v) is 2.64. The number of hydrogen-bond acceptors (Lipinski definition) is 2. The summed E-state index contributed by atoms with van der Waals surface area (Å²) in [5, 5.41) is 3.03. The third-order valence-corrected chi connectivity index (χ3v) is 3.92. The average Bonchev–Trinajstić information content (AvgIpc) is 2.50. The zero-order chi connectivity index (χ0) is 14.4. The van der Waals surface area contributed by atoms with E-state index in [1.165, 1.54) is 5.56 Å². The second-order valence-electron chi connectivity index (χ2n) is 5.31. The van der Waals surface area contributed by atoms with Crippen molar-refractivity contribution in [3.05, 3.63) is 47.5 Å². The summed E-state index contributed by atoms with van der Waals surface area (Å²) in [7, 11) is 1.69. The van der Waals surface area contributed by atoms with Crippen molar-refractivity contribution < 1.29 is 9.53 Å². The molecule has 1 N–H and O–H groups in total. The van der Waals surface area contributed by atoms with Crippen LogP contribution >= 0.6 is 0 Å². The van der Waals surface area contributed by atoms with Crippen molar-refractivity contribution in [2.45, 2.75) is 32.3 Å². The van der Waals surface area contributed by atoms with E-state index < -0.39 is 0 Å². The molecule has 0 heterocycles. The van der Waals surface area contributed by atoms with Gasteiger partial charge in [-0.15, -0.1) is 0 Å². The smallest absolute Gasteiger partial charge is 0.223 e. The third kappa shape index (κ3) is 3.70. The van der Waals surface area contributed by atoms with Crippen molar-refractivity contribution in [2.24, 2.45) is 5.92 Å². The molecule has 0 radical (unpaired) electrons. The van der Waals surface area contributed by atoms with E-state index in [0.717, 1.165) is 24.8 Å². The molecule has 0 spiro atoms. The highest BCUT2D eigenvalue weighted by molar-refractivity contribution is 5.79. The van der Waals surface area contributed by atoms with Gasteiger partial charge in [0.2, 0.25) is 5.91 Å². The Hall–Kier alpha value is -1.61. The predicted molar refractivity (Wildman–Crippen MR) is 80.4 cm³/mol. The molecule has 3 nitrogen and oxygen atoms in total. The zero-order valence-corrected chi connectivity index (χ0v) is 12.3. The third-order valence-electron chi connectivity index (χ3n) is 3.92. The minimum absolute atomic E-state index is 0.0840. The molecule has 0 aliphatic heterocycles. The lowest BCUT2D eigenvalue weighted by molar-refractivity contribution is -0.125. The fraction of sp³-hybridized carbons (Fsp3) is 0.471. The van der Waals surface area contributed by atoms with Gasteiger partial charge in [0.15, 0.2) is 0 Å². The minimum atomic E-state index is -0.0840. The van der Waals surface area contributed by atoms with Crippen LogP contribution in [0.15, 0.2) is 36.4 Å². The summed E-state index contributed by atoms with van der Waals surface area (Å²) < 4.78 is 5.53. The van der Waals surface area contributed by atoms with Crippen LogP contribution in [-0.2, 0) is 9.53 Å². The number of carbonyl (C=O) groups is 1. The van der Waals surface area contributed by atoms with Crippen LogP contribution in [0.5, 0.6) is 0 Å². The number of aryl methyl sites for hydroxylation is 1. The normalized spacial score (nSPS) is 19.6. The van der Waals surface area contributed by atoms with Crippen LogP contribution in [0.25, 0.3) is 0 Å². The molecular weight excluding hydrogens is 250 g/mol. The van der Waals surface area contributed by atoms with Gasteiger partial charge in [-0.2, -0.15) is 0 Å². The number of carbonyl (C=O) groups excluding carboxylic acids is 1. The molecule has 0 saturated heterocycles. The maximum atomic E-state index is 12.1. The first kappa shape index (κ1) is 14.8. The van der Waals surface area contributed by atoms with Crippen molar-refractivity contribution in [3.8, 4) is 0 Å². The SMILES string of the molecule is CO[C@H](CNC(=O)[C@H]1CC=CCC1)c1ccccc1C. The van der Waals surface area contributed by atoms with Gasteiger partial charge in [0, 0.05) is 19.6 Å². The van der Waals surface area contributed by atoms with Crippen LogP contribution in [0.1, 0.15) is 36.5 Å². The predicted octanol–water partition coefficient (Wildman–Crippen LogP) is 3.16. The van der Waals surface area contributed by atoms with E-state index in [9.17, 15) is 4.79 Å². The van der Waals surface area contributed by atoms with Crippen LogP contribution in [-0.4, -0.2) is 19.6 Å². The molecule has 0 aromatic heterocycles. The van der Waals surface area contributed by atoms with Gasteiger partial charge in [-0.05, 0) is 37.3 Å². The lowest BCUT2D eigenvalue weighted by Gasteiger charge is -2.21. The van der Waals surface area contributed by atoms with Crippen LogP contribution < -0.4 is 5.32 Å². The number of methoxy groups -OCH3 is 1. The van der Waals surface area contributed by atoms with E-state index in [4.69, 9.17) is 4.74 Å². The second kappa shape index (κ2) is 7.25. The molecule has 2 atom stereocenters. The van der Waals surface area contributed by atoms with Gasteiger partial charge in [0.25, 0.3) is 0 Å². The number of nitrogens with one attached hydrogen (secondary N) is 1. The minimum Gasteiger partial charge on any atom is -0.375 e. The second-order valence-corrected chi connectivity index (χ2v) is 5.31. The van der Waals surface area contributed by atoms with E-state index >= 15 is 0 Å². The summed E-state index contributed by atoms with van der Waals surface area (Å²) in [6.07, 6.45) is 6.97. The topological polar surface area (TPSA) is 38.3 Å². The Labute approximate surface area is 121 Å². The molecule has 1 aliphatic carbocycles. The number of hydrogen-bond donors (Lipinski definition) is 1. The molecule has 0 unspecified atom stereocenters. The molecule has 0 fully saturated rings. The van der Waals surface area contributed by atoms with E-state index in [2.05, 4.69) is 36.5 Å². The maximum Gasteiger partial charge on any atom is 0.223 e. The van der Waals surface area contributed by atoms with E-state index in [1.54, 1.807) is 7.11 Å². The first-order valence-electron chi connectivity index (χ1n) is 7.23. The van der Waals surface area contributed by atoms with Gasteiger partial charge in [0.05, 0.1) is 6.10 Å². The Morgan fingerprint density at radius 3 is 2.85 bits per heavy atom. The first-order chi connectivity index (χ1) is 9.72. The summed E-state index contributed by atoms with van der Waals surface area (Å²) >= 11 is 0. The quantitative estimate of drug-likeness (QED) is 0.837. The molecule has 1 aromatic rings. The van der Waals surface area contributed by atoms with Crippen molar-refractivity contribution in [1.82, 2.24) is 5.32 Å². The molecule has 1 aliphatic rings. The highest BCUT2D eigenvalue weighted by Gasteiger charge is 2.20. The Kier molecular flexibility index (Phi) is 5.36. The van der Waals surface area contributed by atoms with Crippen molar-refractivity contribution in [2.75, 3.05) is 13.7 Å². The molecule has 0 bridgehead atoms. The Morgan fingerprint density at radius 1 is 1.40 bits per heavy atom. The maximum absolute atomic E-state index is 12.1. The number of rotatable bonds is 5. The standard InChI is InChI=1S/C17H23NO2/c1-13-8-6-7-11-15(13)16(20-2)12-18-17(19)14-9-4-3-5-10-14/h3-4,6-8,11,14,16H,5,9-10,12H2,1-2H3,(H,18,19)/t14-,16+/m0/s1. The van der Waals surface area contributed by atoms with Crippen LogP contribution in [0.2, 0.25) is 0 Å². The average molecular weight is 273 g/mol. The fourth-order valence-electron chi connectivity index (χ4n) is 2.64. The first-order valence-corrected chi connectivity index (χ1v) is 7.23. The van der Waals surface area contributed by atoms with Crippen LogP contribution in [0.4, 0.5) is 0 Å². The van der Waals surface area contributed by atoms with Gasteiger partial charge in [-0.25, -0.2) is 0 Å². The van der Waals surface area contributed by atoms with Gasteiger partial charge < -0.3 is 10.1 Å². The monoisotopic (exact) mass is 273 g/mol. The van der Waals surface area contributed by atoms with Crippen molar-refractivity contribution >= 4 is 5.91 Å². The van der Waals surface area contributed by atoms with Gasteiger partial charge in [-0.1, -0.05) is 36.4 Å². The molecule has 108 valence electrons. The largest absolute Gasteiger partial charge is 0.375 e. The van der Waals surface area contributed by atoms with Crippen molar-refractivity contribution in [3.63, 3.8) is 0 Å². The summed E-state index contributed by atoms with van der Waals surface area (Å²) in [4.78, 5) is 12.1. The van der Waals surface area contributed by atoms with Gasteiger partial charge in [-0.3, -0.25) is 4.79 Å². The number of ether oxygens (including phenoxy) is 1. The molecular formula is C17H23NO2. The molecule has 2 rings (SSSR count). The Morgan fingerprint density at radius 2 is 2.20 bits per heavy atom. The van der Waals surface area contributed by atoms with Crippen LogP contribution in [0, 0.1) is 12.8 Å². The summed E-state index contributed by atoms with van der Waals surface area (Å²) in [6.45, 7) is 2.59. The Bertz CT molecular complexity index is 482. The highest BCUT2D eigenvalue weighted by Crippen LogP contribution is 2.21. The van der Waals surface area contributed by atoms with E-state index in [-0.39, 0.29) is 17.9 Å². The number of amides is 1. The highest BCUT2D eigenvalue weighted by atomic mass is 16.5. The number of benzene rings is 1. The van der Waals surface area contributed by atoms with Gasteiger partial charge >= 0.3 is 0 Å². The molecule has 3 heteroatoms. The lowest BCUT2D eigenvalue weighted by atomic mass is 9.93. The molecule has 0 saturated carbocycles. The summed E-state index contributed by atoms with van der Waals surface area (Å²) in [5.41, 5.74) is 2.33. The van der Waals surface area contributed by atoms with E-state index in [1.807, 2.05) is 12.1 Å². The summed E-state index contributed by atoms with van der Waals surface area (Å²) in [5.74, 6) is 0.263. The summed E-state index contributed by atoms with van der Waals surface area (Å²) in [6, 6.07) is 8.13. The van der Waals surface area contributed by atoms with Crippen LogP contribution in [0.3, 0.4) is 0 Å². The van der Waals surface area contributed by atoms with E-state index in [0.29, 0.717) is 6.54 Å². The number of allylic oxidation sites excluding steroid dienone is 2. The molecule has 20 heavy (non-hydrogen) atoms. The molecule has 1 amide bonds. The molecule has 1 aromatic carbocycles. The van der Waals surface area contributed by atoms with Gasteiger partial charge in [0.1, 0.15) is 0 Å². The Balaban J connectivity index is 1.92. The zero-order valence-electron chi connectivity index (χ0n) is 12.3.